The minimum absolute atomic E-state index is 0.00725. The highest BCUT2D eigenvalue weighted by Gasteiger charge is 2.50. The van der Waals surface area contributed by atoms with Crippen molar-refractivity contribution >= 4 is 15.9 Å². The summed E-state index contributed by atoms with van der Waals surface area (Å²) in [5.74, 6) is 4.18. The molecule has 2 fully saturated rings. The van der Waals surface area contributed by atoms with Crippen LogP contribution >= 0.6 is 15.9 Å². The average Bonchev–Trinajstić information content (AvgIpc) is 2.88. The molecule has 1 aliphatic carbocycles. The van der Waals surface area contributed by atoms with Crippen LogP contribution in [0, 0.1) is 11.8 Å². The molecule has 4 atom stereocenters. The number of rotatable bonds is 9. The van der Waals surface area contributed by atoms with Gasteiger partial charge >= 0.3 is 0 Å². The Kier molecular flexibility index (Phi) is 8.97. The number of methoxy groups -OCH3 is 4. The first-order valence-corrected chi connectivity index (χ1v) is 14.0. The molecule has 0 radical (unpaired) electrons. The molecule has 6 nitrogen and oxygen atoms in total. The summed E-state index contributed by atoms with van der Waals surface area (Å²) in [6.07, 6.45) is 5.51. The molecule has 0 bridgehead atoms. The highest BCUT2D eigenvalue weighted by molar-refractivity contribution is 9.10. The Hall–Kier alpha value is -1.96. The van der Waals surface area contributed by atoms with Gasteiger partial charge in [0, 0.05) is 28.9 Å². The predicted molar refractivity (Wildman–Crippen MR) is 150 cm³/mol. The van der Waals surface area contributed by atoms with Crippen molar-refractivity contribution in [3.63, 3.8) is 0 Å². The van der Waals surface area contributed by atoms with Crippen LogP contribution in [0.1, 0.15) is 51.2 Å². The minimum atomic E-state index is -0.0291. The van der Waals surface area contributed by atoms with Crippen molar-refractivity contribution in [2.24, 2.45) is 11.8 Å². The molecule has 1 saturated carbocycles. The minimum Gasteiger partial charge on any atom is -0.493 e. The van der Waals surface area contributed by atoms with Gasteiger partial charge in [-0.15, -0.1) is 0 Å². The van der Waals surface area contributed by atoms with Crippen LogP contribution < -0.4 is 18.9 Å². The number of hydrogen-bond donors (Lipinski definition) is 0. The maximum atomic E-state index is 6.94. The number of ether oxygens (including phenoxy) is 5. The lowest BCUT2D eigenvalue weighted by Crippen LogP contribution is -2.65. The topological polar surface area (TPSA) is 49.4 Å². The average molecular weight is 577 g/mol. The zero-order valence-electron chi connectivity index (χ0n) is 23.3. The van der Waals surface area contributed by atoms with Crippen molar-refractivity contribution < 1.29 is 23.7 Å². The molecule has 2 aromatic rings. The van der Waals surface area contributed by atoms with E-state index in [1.807, 2.05) is 12.1 Å². The van der Waals surface area contributed by atoms with E-state index in [1.54, 1.807) is 28.4 Å². The standard InChI is InChI=1S/C30H42BrNO5/c1-19-8-10-22-25(14-19)37-29(16-20-9-11-24(33-4)26(15-20)34-5)32(30(22,2)3)13-12-21-17-27(35-6)28(36-7)18-23(21)31/h9,11,15,17-19,22,25,29H,8,10,12-14,16H2,1-7H3/t19-,22-,25-,29+/m1/s1. The summed E-state index contributed by atoms with van der Waals surface area (Å²) in [5, 5.41) is 0. The third-order valence-corrected chi connectivity index (χ3v) is 9.15. The molecule has 1 heterocycles. The lowest BCUT2D eigenvalue weighted by atomic mass is 9.69. The van der Waals surface area contributed by atoms with Gasteiger partial charge in [0.05, 0.1) is 34.5 Å². The highest BCUT2D eigenvalue weighted by Crippen LogP contribution is 2.46. The van der Waals surface area contributed by atoms with Crippen LogP contribution in [0.3, 0.4) is 0 Å². The third kappa shape index (κ3) is 5.89. The second kappa shape index (κ2) is 11.8. The van der Waals surface area contributed by atoms with E-state index in [-0.39, 0.29) is 17.9 Å². The number of halogens is 1. The Morgan fingerprint density at radius 3 is 2.24 bits per heavy atom. The van der Waals surface area contributed by atoms with E-state index in [0.717, 1.165) is 53.3 Å². The van der Waals surface area contributed by atoms with E-state index in [0.29, 0.717) is 11.8 Å². The second-order valence-corrected chi connectivity index (χ2v) is 11.8. The van der Waals surface area contributed by atoms with Gasteiger partial charge in [-0.1, -0.05) is 35.3 Å². The molecule has 204 valence electrons. The summed E-state index contributed by atoms with van der Waals surface area (Å²) in [4.78, 5) is 2.59. The van der Waals surface area contributed by atoms with Crippen LogP contribution in [0.4, 0.5) is 0 Å². The van der Waals surface area contributed by atoms with E-state index in [1.165, 1.54) is 24.0 Å². The Balaban J connectivity index is 1.63. The monoisotopic (exact) mass is 575 g/mol. The Labute approximate surface area is 230 Å². The quantitative estimate of drug-likeness (QED) is 0.339. The van der Waals surface area contributed by atoms with Crippen LogP contribution in [-0.4, -0.2) is 57.8 Å². The van der Waals surface area contributed by atoms with E-state index in [4.69, 9.17) is 23.7 Å². The van der Waals surface area contributed by atoms with E-state index in [9.17, 15) is 0 Å². The summed E-state index contributed by atoms with van der Waals surface area (Å²) in [5.41, 5.74) is 2.38. The first-order chi connectivity index (χ1) is 17.7. The van der Waals surface area contributed by atoms with Crippen LogP contribution in [-0.2, 0) is 17.6 Å². The van der Waals surface area contributed by atoms with Gasteiger partial charge in [-0.25, -0.2) is 0 Å². The fourth-order valence-corrected chi connectivity index (χ4v) is 6.80. The highest BCUT2D eigenvalue weighted by atomic mass is 79.9. The van der Waals surface area contributed by atoms with Gasteiger partial charge < -0.3 is 23.7 Å². The molecule has 2 aromatic carbocycles. The van der Waals surface area contributed by atoms with Crippen molar-refractivity contribution in [3.05, 3.63) is 45.9 Å². The summed E-state index contributed by atoms with van der Waals surface area (Å²) in [7, 11) is 6.70. The van der Waals surface area contributed by atoms with Gasteiger partial charge in [-0.2, -0.15) is 0 Å². The first-order valence-electron chi connectivity index (χ1n) is 13.2. The zero-order chi connectivity index (χ0) is 26.7. The number of benzene rings is 2. The van der Waals surface area contributed by atoms with Crippen molar-refractivity contribution in [2.75, 3.05) is 35.0 Å². The Morgan fingerprint density at radius 1 is 0.919 bits per heavy atom. The van der Waals surface area contributed by atoms with Crippen LogP contribution in [0.25, 0.3) is 0 Å². The van der Waals surface area contributed by atoms with E-state index < -0.39 is 0 Å². The van der Waals surface area contributed by atoms with Gasteiger partial charge in [0.2, 0.25) is 0 Å². The second-order valence-electron chi connectivity index (χ2n) is 10.9. The lowest BCUT2D eigenvalue weighted by Gasteiger charge is -2.57. The molecular formula is C30H42BrNO5. The van der Waals surface area contributed by atoms with Crippen molar-refractivity contribution in [1.29, 1.82) is 0 Å². The molecular weight excluding hydrogens is 534 g/mol. The van der Waals surface area contributed by atoms with E-state index >= 15 is 0 Å². The van der Waals surface area contributed by atoms with Crippen molar-refractivity contribution in [1.82, 2.24) is 4.90 Å². The van der Waals surface area contributed by atoms with Gasteiger partial charge in [-0.3, -0.25) is 4.90 Å². The molecule has 7 heteroatoms. The zero-order valence-corrected chi connectivity index (χ0v) is 24.9. The number of hydrogen-bond acceptors (Lipinski definition) is 6. The molecule has 2 aliphatic rings. The molecule has 0 spiro atoms. The van der Waals surface area contributed by atoms with Gasteiger partial charge in [-0.05, 0) is 74.4 Å². The summed E-state index contributed by atoms with van der Waals surface area (Å²) in [6.45, 7) is 8.05. The number of nitrogens with zero attached hydrogens (tertiary/aromatic N) is 1. The van der Waals surface area contributed by atoms with Gasteiger partial charge in [0.15, 0.2) is 23.0 Å². The summed E-state index contributed by atoms with van der Waals surface area (Å²) >= 11 is 3.75. The largest absolute Gasteiger partial charge is 0.493 e. The van der Waals surface area contributed by atoms with Crippen LogP contribution in [0.5, 0.6) is 23.0 Å². The third-order valence-electron chi connectivity index (χ3n) is 8.41. The Morgan fingerprint density at radius 2 is 1.57 bits per heavy atom. The molecule has 0 aromatic heterocycles. The fraction of sp³-hybridized carbons (Fsp3) is 0.600. The molecule has 0 N–H and O–H groups in total. The van der Waals surface area contributed by atoms with Gasteiger partial charge in [0.1, 0.15) is 6.23 Å². The molecule has 4 rings (SSSR count). The Bertz CT molecular complexity index is 1070. The summed E-state index contributed by atoms with van der Waals surface area (Å²) < 4.78 is 30.1. The SMILES string of the molecule is COc1ccc(C[C@@H]2O[C@@H]3C[C@H](C)CC[C@H]3C(C)(C)N2CCc2cc(OC)c(OC)cc2Br)cc1OC. The molecule has 37 heavy (non-hydrogen) atoms. The van der Waals surface area contributed by atoms with Crippen LogP contribution in [0.2, 0.25) is 0 Å². The lowest BCUT2D eigenvalue weighted by molar-refractivity contribution is -0.232. The van der Waals surface area contributed by atoms with Crippen molar-refractivity contribution in [3.8, 4) is 23.0 Å². The molecule has 1 saturated heterocycles. The number of fused-ring (bicyclic) bond motifs is 1. The molecule has 1 aliphatic heterocycles. The molecule has 0 unspecified atom stereocenters. The maximum absolute atomic E-state index is 6.94. The van der Waals surface area contributed by atoms with Crippen molar-refractivity contribution in [2.45, 2.75) is 70.7 Å². The van der Waals surface area contributed by atoms with E-state index in [2.05, 4.69) is 59.8 Å². The normalized spacial score (nSPS) is 25.3. The molecule has 0 amide bonds. The smallest absolute Gasteiger partial charge is 0.161 e. The fourth-order valence-electron chi connectivity index (χ4n) is 6.27. The predicted octanol–water partition coefficient (Wildman–Crippen LogP) is 6.51. The summed E-state index contributed by atoms with van der Waals surface area (Å²) in [6, 6.07) is 10.3. The maximum Gasteiger partial charge on any atom is 0.161 e. The van der Waals surface area contributed by atoms with Gasteiger partial charge in [0.25, 0.3) is 0 Å². The van der Waals surface area contributed by atoms with Crippen LogP contribution in [0.15, 0.2) is 34.8 Å². The first kappa shape index (κ1) is 28.1.